The van der Waals surface area contributed by atoms with Crippen molar-refractivity contribution in [2.75, 3.05) is 37.7 Å². The van der Waals surface area contributed by atoms with Gasteiger partial charge in [0.05, 0.1) is 6.61 Å². The molecule has 1 fully saturated rings. The van der Waals surface area contributed by atoms with Crippen molar-refractivity contribution in [1.82, 2.24) is 8.87 Å². The quantitative estimate of drug-likeness (QED) is 0.706. The summed E-state index contributed by atoms with van der Waals surface area (Å²) in [5, 5.41) is 0.651. The van der Waals surface area contributed by atoms with Crippen molar-refractivity contribution in [1.29, 1.82) is 0 Å². The molecular weight excluding hydrogens is 390 g/mol. The predicted molar refractivity (Wildman–Crippen MR) is 104 cm³/mol. The zero-order valence-electron chi connectivity index (χ0n) is 15.3. The maximum Gasteiger partial charge on any atom is 0.354 e. The number of anilines is 1. The van der Waals surface area contributed by atoms with E-state index in [-0.39, 0.29) is 17.2 Å². The molecular formula is C18H22ClN3O4S. The number of carbonyl (C=O) groups excluding carboxylic acids is 1. The Labute approximate surface area is 164 Å². The minimum Gasteiger partial charge on any atom is -0.461 e. The number of benzene rings is 1. The zero-order chi connectivity index (χ0) is 19.6. The fourth-order valence-electron chi connectivity index (χ4n) is 3.09. The van der Waals surface area contributed by atoms with E-state index in [9.17, 15) is 13.2 Å². The second kappa shape index (κ2) is 7.92. The third kappa shape index (κ3) is 4.12. The summed E-state index contributed by atoms with van der Waals surface area (Å²) in [7, 11) is -2.05. The minimum atomic E-state index is -3.67. The van der Waals surface area contributed by atoms with Gasteiger partial charge < -0.3 is 14.2 Å². The summed E-state index contributed by atoms with van der Waals surface area (Å²) in [5.74, 6) is -0.535. The Balaban J connectivity index is 1.74. The van der Waals surface area contributed by atoms with E-state index in [1.54, 1.807) is 14.0 Å². The van der Waals surface area contributed by atoms with Gasteiger partial charge in [-0.1, -0.05) is 17.7 Å². The molecule has 0 unspecified atom stereocenters. The third-order valence-corrected chi connectivity index (χ3v) is 6.61. The molecule has 0 aliphatic carbocycles. The Morgan fingerprint density at radius 3 is 2.52 bits per heavy atom. The lowest BCUT2D eigenvalue weighted by molar-refractivity contribution is 0.0515. The van der Waals surface area contributed by atoms with E-state index in [1.807, 2.05) is 24.3 Å². The number of halogens is 1. The summed E-state index contributed by atoms with van der Waals surface area (Å²) in [4.78, 5) is 14.1. The van der Waals surface area contributed by atoms with Crippen LogP contribution in [-0.4, -0.2) is 56.0 Å². The largest absolute Gasteiger partial charge is 0.461 e. The Hall–Kier alpha value is -2.03. The normalized spacial score (nSPS) is 15.7. The maximum absolute atomic E-state index is 13.0. The van der Waals surface area contributed by atoms with Gasteiger partial charge in [0.15, 0.2) is 0 Å². The summed E-state index contributed by atoms with van der Waals surface area (Å²) in [6, 6.07) is 8.88. The van der Waals surface area contributed by atoms with Gasteiger partial charge in [0.1, 0.15) is 10.6 Å². The molecule has 3 rings (SSSR count). The molecule has 1 saturated heterocycles. The van der Waals surface area contributed by atoms with Crippen molar-refractivity contribution < 1.29 is 17.9 Å². The number of ether oxygens (including phenoxy) is 1. The molecule has 0 atom stereocenters. The molecule has 9 heteroatoms. The molecule has 2 heterocycles. The van der Waals surface area contributed by atoms with E-state index in [4.69, 9.17) is 16.3 Å². The van der Waals surface area contributed by atoms with Crippen molar-refractivity contribution in [2.24, 2.45) is 7.05 Å². The Morgan fingerprint density at radius 2 is 1.89 bits per heavy atom. The number of hydrogen-bond donors (Lipinski definition) is 0. The fraction of sp³-hybridized carbons (Fsp3) is 0.389. The lowest BCUT2D eigenvalue weighted by Crippen LogP contribution is -2.48. The zero-order valence-corrected chi connectivity index (χ0v) is 16.8. The number of piperazine rings is 1. The highest BCUT2D eigenvalue weighted by atomic mass is 35.5. The van der Waals surface area contributed by atoms with Crippen molar-refractivity contribution in [3.63, 3.8) is 0 Å². The molecule has 0 spiro atoms. The second-order valence-electron chi connectivity index (χ2n) is 6.26. The fourth-order valence-corrected chi connectivity index (χ4v) is 4.77. The molecule has 0 radical (unpaired) electrons. The highest BCUT2D eigenvalue weighted by Gasteiger charge is 2.30. The van der Waals surface area contributed by atoms with Crippen molar-refractivity contribution in [2.45, 2.75) is 11.8 Å². The van der Waals surface area contributed by atoms with Crippen LogP contribution >= 0.6 is 11.6 Å². The molecule has 1 aliphatic rings. The van der Waals surface area contributed by atoms with E-state index in [2.05, 4.69) is 4.90 Å². The Bertz CT molecular complexity index is 934. The van der Waals surface area contributed by atoms with Gasteiger partial charge in [-0.2, -0.15) is 4.31 Å². The van der Waals surface area contributed by atoms with Gasteiger partial charge in [-0.3, -0.25) is 0 Å². The first-order chi connectivity index (χ1) is 12.8. The molecule has 0 saturated carbocycles. The van der Waals surface area contributed by atoms with E-state index in [0.717, 1.165) is 5.69 Å². The highest BCUT2D eigenvalue weighted by molar-refractivity contribution is 7.89. The average molecular weight is 412 g/mol. The van der Waals surface area contributed by atoms with Crippen LogP contribution in [0.15, 0.2) is 41.4 Å². The molecule has 1 aromatic carbocycles. The van der Waals surface area contributed by atoms with Crippen LogP contribution in [0.4, 0.5) is 5.69 Å². The second-order valence-corrected chi connectivity index (χ2v) is 8.64. The lowest BCUT2D eigenvalue weighted by atomic mass is 10.2. The van der Waals surface area contributed by atoms with E-state index in [0.29, 0.717) is 31.2 Å². The summed E-state index contributed by atoms with van der Waals surface area (Å²) in [5.41, 5.74) is 1.19. The van der Waals surface area contributed by atoms with Crippen LogP contribution < -0.4 is 4.90 Å². The first kappa shape index (κ1) is 19.7. The first-order valence-corrected chi connectivity index (χ1v) is 10.5. The number of hydrogen-bond acceptors (Lipinski definition) is 5. The van der Waals surface area contributed by atoms with Crippen LogP contribution in [0.2, 0.25) is 5.02 Å². The molecule has 0 bridgehead atoms. The highest BCUT2D eigenvalue weighted by Crippen LogP contribution is 2.24. The van der Waals surface area contributed by atoms with Gasteiger partial charge in [0, 0.05) is 50.1 Å². The van der Waals surface area contributed by atoms with Crippen LogP contribution in [0.1, 0.15) is 17.4 Å². The van der Waals surface area contributed by atoms with E-state index in [1.165, 1.54) is 21.1 Å². The van der Waals surface area contributed by atoms with E-state index < -0.39 is 16.0 Å². The first-order valence-electron chi connectivity index (χ1n) is 8.67. The van der Waals surface area contributed by atoms with Crippen LogP contribution in [0.5, 0.6) is 0 Å². The number of rotatable bonds is 5. The maximum atomic E-state index is 13.0. The number of carbonyl (C=O) groups is 1. The Morgan fingerprint density at radius 1 is 1.19 bits per heavy atom. The SMILES string of the molecule is CCOC(=O)c1cc(S(=O)(=O)N2CCN(c3cccc(Cl)c3)CC2)cn1C. The van der Waals surface area contributed by atoms with Crippen LogP contribution in [-0.2, 0) is 21.8 Å². The molecule has 27 heavy (non-hydrogen) atoms. The van der Waals surface area contributed by atoms with Crippen LogP contribution in [0.25, 0.3) is 0 Å². The summed E-state index contributed by atoms with van der Waals surface area (Å²) in [6.45, 7) is 3.79. The lowest BCUT2D eigenvalue weighted by Gasteiger charge is -2.35. The molecule has 1 aromatic heterocycles. The number of aromatic nitrogens is 1. The predicted octanol–water partition coefficient (Wildman–Crippen LogP) is 2.37. The molecule has 146 valence electrons. The van der Waals surface area contributed by atoms with Crippen LogP contribution in [0, 0.1) is 0 Å². The summed E-state index contributed by atoms with van der Waals surface area (Å²) >= 11 is 6.04. The van der Waals surface area contributed by atoms with Gasteiger partial charge in [-0.05, 0) is 31.2 Å². The standard InChI is InChI=1S/C18H22ClN3O4S/c1-3-26-18(23)17-12-16(13-20(17)2)27(24,25)22-9-7-21(8-10-22)15-6-4-5-14(19)11-15/h4-6,11-13H,3,7-10H2,1-2H3. The van der Waals surface area contributed by atoms with Gasteiger partial charge in [0.2, 0.25) is 10.0 Å². The average Bonchev–Trinajstić information content (AvgIpc) is 3.05. The van der Waals surface area contributed by atoms with Crippen molar-refractivity contribution in [3.05, 3.63) is 47.2 Å². The summed E-state index contributed by atoms with van der Waals surface area (Å²) in [6.07, 6.45) is 1.45. The van der Waals surface area contributed by atoms with Gasteiger partial charge in [0.25, 0.3) is 0 Å². The van der Waals surface area contributed by atoms with Gasteiger partial charge in [-0.25, -0.2) is 13.2 Å². The summed E-state index contributed by atoms with van der Waals surface area (Å²) < 4.78 is 33.8. The van der Waals surface area contributed by atoms with Gasteiger partial charge in [-0.15, -0.1) is 0 Å². The Kier molecular flexibility index (Phi) is 5.78. The molecule has 7 nitrogen and oxygen atoms in total. The van der Waals surface area contributed by atoms with E-state index >= 15 is 0 Å². The van der Waals surface area contributed by atoms with Crippen molar-refractivity contribution >= 4 is 33.3 Å². The number of sulfonamides is 1. The smallest absolute Gasteiger partial charge is 0.354 e. The number of esters is 1. The monoisotopic (exact) mass is 411 g/mol. The number of aryl methyl sites for hydroxylation is 1. The molecule has 0 amide bonds. The van der Waals surface area contributed by atoms with Gasteiger partial charge >= 0.3 is 5.97 Å². The molecule has 0 N–H and O–H groups in total. The van der Waals surface area contributed by atoms with Crippen molar-refractivity contribution in [3.8, 4) is 0 Å². The third-order valence-electron chi connectivity index (χ3n) is 4.51. The topological polar surface area (TPSA) is 71.8 Å². The minimum absolute atomic E-state index is 0.101. The molecule has 1 aliphatic heterocycles. The number of nitrogens with zero attached hydrogens (tertiary/aromatic N) is 3. The molecule has 2 aromatic rings. The van der Waals surface area contributed by atoms with Crippen LogP contribution in [0.3, 0.4) is 0 Å².